The third-order valence-electron chi connectivity index (χ3n) is 1.98. The van der Waals surface area contributed by atoms with Crippen molar-refractivity contribution in [3.05, 3.63) is 0 Å². The van der Waals surface area contributed by atoms with E-state index in [1.807, 2.05) is 6.07 Å². The molecule has 0 amide bonds. The third kappa shape index (κ3) is 1.43. The first-order valence-electron chi connectivity index (χ1n) is 3.42. The van der Waals surface area contributed by atoms with E-state index in [1.165, 1.54) is 12.8 Å². The van der Waals surface area contributed by atoms with Crippen molar-refractivity contribution in [3.8, 4) is 6.07 Å². The smallest absolute Gasteiger partial charge is 0.143 e. The van der Waals surface area contributed by atoms with Gasteiger partial charge in [0.15, 0.2) is 0 Å². The van der Waals surface area contributed by atoms with Crippen LogP contribution in [0.4, 0.5) is 0 Å². The lowest BCUT2D eigenvalue weighted by Gasteiger charge is -2.07. The van der Waals surface area contributed by atoms with Gasteiger partial charge in [-0.25, -0.2) is 0 Å². The lowest BCUT2D eigenvalue weighted by Crippen LogP contribution is -2.14. The Morgan fingerprint density at radius 2 is 2.00 bits per heavy atom. The van der Waals surface area contributed by atoms with Gasteiger partial charge in [0.2, 0.25) is 0 Å². The van der Waals surface area contributed by atoms with Gasteiger partial charge in [-0.2, -0.15) is 5.26 Å². The number of hydrogen-bond acceptors (Lipinski definition) is 2. The van der Waals surface area contributed by atoms with Crippen LogP contribution in [0, 0.1) is 17.2 Å². The molecule has 0 radical (unpaired) electrons. The lowest BCUT2D eigenvalue weighted by atomic mass is 10.0. The van der Waals surface area contributed by atoms with Crippen LogP contribution in [-0.4, -0.2) is 11.2 Å². The second-order valence-corrected chi connectivity index (χ2v) is 2.62. The fourth-order valence-electron chi connectivity index (χ4n) is 1.38. The van der Waals surface area contributed by atoms with Crippen molar-refractivity contribution in [1.29, 1.82) is 5.26 Å². The molecule has 1 atom stereocenters. The second-order valence-electron chi connectivity index (χ2n) is 2.62. The van der Waals surface area contributed by atoms with Crippen molar-refractivity contribution in [1.82, 2.24) is 0 Å². The standard InChI is InChI=1S/C7H11NO/c8-5-7(9)6-3-1-2-4-6/h6-7,9H,1-4H2. The van der Waals surface area contributed by atoms with Crippen molar-refractivity contribution in [3.63, 3.8) is 0 Å². The second kappa shape index (κ2) is 2.84. The Morgan fingerprint density at radius 1 is 1.44 bits per heavy atom. The zero-order chi connectivity index (χ0) is 6.69. The zero-order valence-electron chi connectivity index (χ0n) is 5.38. The molecule has 2 nitrogen and oxygen atoms in total. The molecule has 2 heteroatoms. The first-order chi connectivity index (χ1) is 4.34. The molecule has 1 fully saturated rings. The van der Waals surface area contributed by atoms with Crippen LogP contribution >= 0.6 is 0 Å². The molecule has 0 aromatic heterocycles. The Balaban J connectivity index is 2.34. The van der Waals surface area contributed by atoms with Gasteiger partial charge in [-0.1, -0.05) is 12.8 Å². The van der Waals surface area contributed by atoms with Gasteiger partial charge in [-0.05, 0) is 18.8 Å². The van der Waals surface area contributed by atoms with E-state index in [0.29, 0.717) is 0 Å². The van der Waals surface area contributed by atoms with Gasteiger partial charge in [0, 0.05) is 0 Å². The monoisotopic (exact) mass is 125 g/mol. The summed E-state index contributed by atoms with van der Waals surface area (Å²) in [6, 6.07) is 1.86. The molecular formula is C7H11NO. The van der Waals surface area contributed by atoms with Crippen LogP contribution in [0.5, 0.6) is 0 Å². The van der Waals surface area contributed by atoms with E-state index in [0.717, 1.165) is 12.8 Å². The normalized spacial score (nSPS) is 23.6. The lowest BCUT2D eigenvalue weighted by molar-refractivity contribution is 0.162. The highest BCUT2D eigenvalue weighted by Gasteiger charge is 2.22. The average Bonchev–Trinajstić information content (AvgIpc) is 2.37. The molecule has 0 heterocycles. The number of aliphatic hydroxyl groups is 1. The van der Waals surface area contributed by atoms with Crippen molar-refractivity contribution >= 4 is 0 Å². The minimum atomic E-state index is -0.701. The van der Waals surface area contributed by atoms with Gasteiger partial charge in [0.25, 0.3) is 0 Å². The number of aliphatic hydroxyl groups excluding tert-OH is 1. The minimum absolute atomic E-state index is 0.273. The predicted octanol–water partition coefficient (Wildman–Crippen LogP) is 1.06. The van der Waals surface area contributed by atoms with Crippen molar-refractivity contribution in [2.45, 2.75) is 31.8 Å². The summed E-state index contributed by atoms with van der Waals surface area (Å²) in [5.41, 5.74) is 0. The van der Waals surface area contributed by atoms with Crippen LogP contribution in [0.1, 0.15) is 25.7 Å². The first-order valence-corrected chi connectivity index (χ1v) is 3.42. The molecule has 0 aromatic carbocycles. The highest BCUT2D eigenvalue weighted by atomic mass is 16.3. The van der Waals surface area contributed by atoms with E-state index < -0.39 is 6.10 Å². The molecule has 9 heavy (non-hydrogen) atoms. The molecule has 1 aliphatic carbocycles. The quantitative estimate of drug-likeness (QED) is 0.532. The van der Waals surface area contributed by atoms with E-state index >= 15 is 0 Å². The van der Waals surface area contributed by atoms with Crippen LogP contribution in [0.25, 0.3) is 0 Å². The first kappa shape index (κ1) is 6.57. The van der Waals surface area contributed by atoms with E-state index in [-0.39, 0.29) is 5.92 Å². The number of hydrogen-bond donors (Lipinski definition) is 1. The van der Waals surface area contributed by atoms with E-state index in [4.69, 9.17) is 10.4 Å². The van der Waals surface area contributed by atoms with Gasteiger partial charge in [-0.3, -0.25) is 0 Å². The number of nitrogens with zero attached hydrogens (tertiary/aromatic N) is 1. The van der Waals surface area contributed by atoms with E-state index in [2.05, 4.69) is 0 Å². The summed E-state index contributed by atoms with van der Waals surface area (Å²) in [6.07, 6.45) is 3.74. The Morgan fingerprint density at radius 3 is 2.44 bits per heavy atom. The number of rotatable bonds is 1. The van der Waals surface area contributed by atoms with E-state index in [9.17, 15) is 0 Å². The van der Waals surface area contributed by atoms with Gasteiger partial charge in [0.05, 0.1) is 6.07 Å². The van der Waals surface area contributed by atoms with Crippen LogP contribution in [0.3, 0.4) is 0 Å². The molecule has 1 rings (SSSR count). The van der Waals surface area contributed by atoms with E-state index in [1.54, 1.807) is 0 Å². The minimum Gasteiger partial charge on any atom is -0.378 e. The molecular weight excluding hydrogens is 114 g/mol. The summed E-state index contributed by atoms with van der Waals surface area (Å²) in [5.74, 6) is 0.273. The Kier molecular flexibility index (Phi) is 2.07. The van der Waals surface area contributed by atoms with Crippen LogP contribution in [0.2, 0.25) is 0 Å². The summed E-state index contributed by atoms with van der Waals surface area (Å²) < 4.78 is 0. The van der Waals surface area contributed by atoms with Gasteiger partial charge < -0.3 is 5.11 Å². The van der Waals surface area contributed by atoms with Crippen molar-refractivity contribution in [2.75, 3.05) is 0 Å². The van der Waals surface area contributed by atoms with Crippen molar-refractivity contribution in [2.24, 2.45) is 5.92 Å². The van der Waals surface area contributed by atoms with Gasteiger partial charge in [-0.15, -0.1) is 0 Å². The maximum Gasteiger partial charge on any atom is 0.143 e. The van der Waals surface area contributed by atoms with Crippen LogP contribution < -0.4 is 0 Å². The number of nitriles is 1. The maximum atomic E-state index is 9.00. The molecule has 0 bridgehead atoms. The molecule has 0 aromatic rings. The maximum absolute atomic E-state index is 9.00. The summed E-state index contributed by atoms with van der Waals surface area (Å²) >= 11 is 0. The fraction of sp³-hybridized carbons (Fsp3) is 0.857. The topological polar surface area (TPSA) is 44.0 Å². The third-order valence-corrected chi connectivity index (χ3v) is 1.98. The van der Waals surface area contributed by atoms with Crippen molar-refractivity contribution < 1.29 is 5.11 Å². The molecule has 1 N–H and O–H groups in total. The highest BCUT2D eigenvalue weighted by molar-refractivity contribution is 4.89. The summed E-state index contributed by atoms with van der Waals surface area (Å²) in [5, 5.41) is 17.3. The Labute approximate surface area is 55.1 Å². The molecule has 0 spiro atoms. The average molecular weight is 125 g/mol. The van der Waals surface area contributed by atoms with Crippen LogP contribution in [-0.2, 0) is 0 Å². The molecule has 1 saturated carbocycles. The van der Waals surface area contributed by atoms with Crippen LogP contribution in [0.15, 0.2) is 0 Å². The molecule has 0 aliphatic heterocycles. The van der Waals surface area contributed by atoms with Gasteiger partial charge in [0.1, 0.15) is 6.10 Å². The summed E-state index contributed by atoms with van der Waals surface area (Å²) in [4.78, 5) is 0. The highest BCUT2D eigenvalue weighted by Crippen LogP contribution is 2.27. The molecule has 0 saturated heterocycles. The summed E-state index contributed by atoms with van der Waals surface area (Å²) in [7, 11) is 0. The fourth-order valence-corrected chi connectivity index (χ4v) is 1.38. The zero-order valence-corrected chi connectivity index (χ0v) is 5.38. The summed E-state index contributed by atoms with van der Waals surface area (Å²) in [6.45, 7) is 0. The molecule has 1 unspecified atom stereocenters. The Hall–Kier alpha value is -0.550. The molecule has 1 aliphatic rings. The van der Waals surface area contributed by atoms with Gasteiger partial charge >= 0.3 is 0 Å². The largest absolute Gasteiger partial charge is 0.378 e. The predicted molar refractivity (Wildman–Crippen MR) is 33.6 cm³/mol. The Bertz CT molecular complexity index is 121. The SMILES string of the molecule is N#CC(O)C1CCCC1. The molecule has 50 valence electrons.